The van der Waals surface area contributed by atoms with Crippen LogP contribution in [0, 0.1) is 0 Å². The summed E-state index contributed by atoms with van der Waals surface area (Å²) in [5.41, 5.74) is 2.97. The van der Waals surface area contributed by atoms with Crippen molar-refractivity contribution >= 4 is 28.7 Å². The van der Waals surface area contributed by atoms with Gasteiger partial charge in [0.2, 0.25) is 11.8 Å². The largest absolute Gasteiger partial charge is 0.492 e. The zero-order chi connectivity index (χ0) is 27.0. The zero-order valence-electron chi connectivity index (χ0n) is 22.1. The van der Waals surface area contributed by atoms with Gasteiger partial charge in [0.05, 0.1) is 24.2 Å². The van der Waals surface area contributed by atoms with Gasteiger partial charge in [-0.05, 0) is 50.5 Å². The third-order valence-electron chi connectivity index (χ3n) is 7.30. The summed E-state index contributed by atoms with van der Waals surface area (Å²) < 4.78 is 14.2. The molecule has 0 radical (unpaired) electrons. The van der Waals surface area contributed by atoms with Gasteiger partial charge < -0.3 is 24.3 Å². The second-order valence-corrected chi connectivity index (χ2v) is 10.8. The van der Waals surface area contributed by atoms with Crippen LogP contribution < -0.4 is 14.8 Å². The molecule has 3 heterocycles. The number of hydrogen-bond acceptors (Lipinski definition) is 7. The second kappa shape index (κ2) is 10.5. The van der Waals surface area contributed by atoms with Crippen LogP contribution in [0.2, 0.25) is 5.02 Å². The quantitative estimate of drug-likeness (QED) is 0.334. The Bertz CT molecular complexity index is 1500. The molecular weight excluding hydrogens is 516 g/mol. The first-order valence-electron chi connectivity index (χ1n) is 13.3. The predicted octanol–water partition coefficient (Wildman–Crippen LogP) is 4.33. The van der Waals surface area contributed by atoms with E-state index in [-0.39, 0.29) is 17.6 Å². The maximum absolute atomic E-state index is 12.3. The van der Waals surface area contributed by atoms with E-state index in [0.29, 0.717) is 59.9 Å². The van der Waals surface area contributed by atoms with Gasteiger partial charge in [-0.3, -0.25) is 4.79 Å². The SMILES string of the molecule is CC1NCCN(CCOc2ccc(-c3nc4c(OC5(C)CC5)ncnc4n3Cc3ccccc3)c(Cl)c2)C1=O. The standard InChI is InChI=1S/C29H31ClN6O3/c1-19-28(37)35(13-12-31-19)14-15-38-21-8-9-22(23(30)16-21)25-34-24-26(36(25)17-20-6-4-3-5-7-20)32-18-33-27(24)39-29(2)10-11-29/h3-9,16,18-19,31H,10-15,17H2,1-2H3. The number of amides is 1. The number of nitrogens with one attached hydrogen (secondary N) is 1. The lowest BCUT2D eigenvalue weighted by atomic mass is 10.2. The molecule has 1 saturated carbocycles. The number of hydrogen-bond donors (Lipinski definition) is 1. The first kappa shape index (κ1) is 25.6. The molecule has 1 unspecified atom stereocenters. The summed E-state index contributed by atoms with van der Waals surface area (Å²) in [6.07, 6.45) is 3.51. The topological polar surface area (TPSA) is 94.4 Å². The molecule has 2 aromatic heterocycles. The van der Waals surface area contributed by atoms with Crippen molar-refractivity contribution in [2.75, 3.05) is 26.2 Å². The molecule has 9 nitrogen and oxygen atoms in total. The van der Waals surface area contributed by atoms with Crippen LogP contribution in [0.15, 0.2) is 54.9 Å². The molecule has 2 fully saturated rings. The summed E-state index contributed by atoms with van der Waals surface area (Å²) in [7, 11) is 0. The molecule has 1 N–H and O–H groups in total. The van der Waals surface area contributed by atoms with E-state index in [1.807, 2.05) is 46.7 Å². The molecule has 1 atom stereocenters. The minimum Gasteiger partial charge on any atom is -0.492 e. The van der Waals surface area contributed by atoms with Gasteiger partial charge in [-0.15, -0.1) is 0 Å². The molecule has 0 spiro atoms. The van der Waals surface area contributed by atoms with Crippen molar-refractivity contribution in [1.82, 2.24) is 29.7 Å². The van der Waals surface area contributed by atoms with Gasteiger partial charge in [0, 0.05) is 18.7 Å². The molecule has 6 rings (SSSR count). The van der Waals surface area contributed by atoms with Crippen molar-refractivity contribution in [2.24, 2.45) is 0 Å². The molecule has 1 aliphatic carbocycles. The maximum Gasteiger partial charge on any atom is 0.245 e. The van der Waals surface area contributed by atoms with Crippen molar-refractivity contribution in [1.29, 1.82) is 0 Å². The molecule has 2 aromatic carbocycles. The van der Waals surface area contributed by atoms with E-state index < -0.39 is 0 Å². The summed E-state index contributed by atoms with van der Waals surface area (Å²) >= 11 is 6.82. The van der Waals surface area contributed by atoms with E-state index in [9.17, 15) is 4.79 Å². The normalized spacial score (nSPS) is 18.4. The monoisotopic (exact) mass is 546 g/mol. The molecule has 202 valence electrons. The summed E-state index contributed by atoms with van der Waals surface area (Å²) in [4.78, 5) is 28.1. The number of nitrogens with zero attached hydrogens (tertiary/aromatic N) is 5. The lowest BCUT2D eigenvalue weighted by Gasteiger charge is -2.31. The first-order chi connectivity index (χ1) is 18.9. The minimum atomic E-state index is -0.200. The number of carbonyl (C=O) groups excluding carboxylic acids is 1. The lowest BCUT2D eigenvalue weighted by Crippen LogP contribution is -2.54. The summed E-state index contributed by atoms with van der Waals surface area (Å²) in [5, 5.41) is 3.68. The Kier molecular flexibility index (Phi) is 6.86. The smallest absolute Gasteiger partial charge is 0.245 e. The van der Waals surface area contributed by atoms with Gasteiger partial charge in [-0.25, -0.2) is 9.97 Å². The first-order valence-corrected chi connectivity index (χ1v) is 13.7. The number of carbonyl (C=O) groups is 1. The number of imidazole rings is 1. The van der Waals surface area contributed by atoms with Crippen LogP contribution in [0.1, 0.15) is 32.3 Å². The Labute approximate surface area is 232 Å². The Morgan fingerprint density at radius 2 is 1.97 bits per heavy atom. The average Bonchev–Trinajstić information content (AvgIpc) is 3.55. The molecule has 1 saturated heterocycles. The Balaban J connectivity index is 1.29. The van der Waals surface area contributed by atoms with E-state index >= 15 is 0 Å². The number of fused-ring (bicyclic) bond motifs is 1. The van der Waals surface area contributed by atoms with E-state index in [0.717, 1.165) is 30.5 Å². The van der Waals surface area contributed by atoms with Crippen molar-refractivity contribution in [3.63, 3.8) is 0 Å². The molecule has 1 amide bonds. The fraction of sp³-hybridized carbons (Fsp3) is 0.379. The van der Waals surface area contributed by atoms with Crippen molar-refractivity contribution in [2.45, 2.75) is 44.9 Å². The van der Waals surface area contributed by atoms with Crippen LogP contribution in [-0.4, -0.2) is 68.2 Å². The lowest BCUT2D eigenvalue weighted by molar-refractivity contribution is -0.135. The van der Waals surface area contributed by atoms with Crippen LogP contribution in [0.25, 0.3) is 22.6 Å². The number of aromatic nitrogens is 4. The highest BCUT2D eigenvalue weighted by Gasteiger charge is 2.41. The number of ether oxygens (including phenoxy) is 2. The molecular formula is C29H31ClN6O3. The number of benzene rings is 2. The fourth-order valence-corrected chi connectivity index (χ4v) is 5.03. The summed E-state index contributed by atoms with van der Waals surface area (Å²) in [6, 6.07) is 15.6. The van der Waals surface area contributed by atoms with E-state index in [1.165, 1.54) is 6.33 Å². The van der Waals surface area contributed by atoms with Crippen LogP contribution in [0.4, 0.5) is 0 Å². The van der Waals surface area contributed by atoms with Gasteiger partial charge in [0.1, 0.15) is 30.1 Å². The van der Waals surface area contributed by atoms with E-state index in [1.54, 1.807) is 6.07 Å². The van der Waals surface area contributed by atoms with Gasteiger partial charge in [0.15, 0.2) is 11.2 Å². The van der Waals surface area contributed by atoms with Gasteiger partial charge in [-0.1, -0.05) is 41.9 Å². The van der Waals surface area contributed by atoms with Crippen LogP contribution in [0.5, 0.6) is 11.6 Å². The minimum absolute atomic E-state index is 0.0951. The Morgan fingerprint density at radius 3 is 2.74 bits per heavy atom. The fourth-order valence-electron chi connectivity index (χ4n) is 4.77. The highest BCUT2D eigenvalue weighted by atomic mass is 35.5. The maximum atomic E-state index is 12.3. The van der Waals surface area contributed by atoms with Crippen molar-refractivity contribution < 1.29 is 14.3 Å². The molecule has 2 aliphatic rings. The summed E-state index contributed by atoms with van der Waals surface area (Å²) in [5.74, 6) is 1.89. The van der Waals surface area contributed by atoms with Gasteiger partial charge in [0.25, 0.3) is 0 Å². The van der Waals surface area contributed by atoms with Crippen LogP contribution >= 0.6 is 11.6 Å². The molecule has 4 aromatic rings. The zero-order valence-corrected chi connectivity index (χ0v) is 22.8. The van der Waals surface area contributed by atoms with Crippen molar-refractivity contribution in [3.05, 3.63) is 65.4 Å². The predicted molar refractivity (Wildman–Crippen MR) is 149 cm³/mol. The van der Waals surface area contributed by atoms with E-state index in [2.05, 4.69) is 34.3 Å². The highest BCUT2D eigenvalue weighted by Crippen LogP contribution is 2.41. The highest BCUT2D eigenvalue weighted by molar-refractivity contribution is 6.33. The second-order valence-electron chi connectivity index (χ2n) is 10.4. The third kappa shape index (κ3) is 5.42. The number of halogens is 1. The van der Waals surface area contributed by atoms with Crippen LogP contribution in [0.3, 0.4) is 0 Å². The Hall–Kier alpha value is -3.69. The molecule has 0 bridgehead atoms. The summed E-state index contributed by atoms with van der Waals surface area (Å²) in [6.45, 7) is 6.90. The van der Waals surface area contributed by atoms with Gasteiger partial charge >= 0.3 is 0 Å². The molecule has 39 heavy (non-hydrogen) atoms. The van der Waals surface area contributed by atoms with Crippen molar-refractivity contribution in [3.8, 4) is 23.0 Å². The molecule has 10 heteroatoms. The van der Waals surface area contributed by atoms with E-state index in [4.69, 9.17) is 26.1 Å². The Morgan fingerprint density at radius 1 is 1.15 bits per heavy atom. The third-order valence-corrected chi connectivity index (χ3v) is 7.62. The number of piperazine rings is 1. The average molecular weight is 547 g/mol. The molecule has 1 aliphatic heterocycles. The number of rotatable bonds is 9. The van der Waals surface area contributed by atoms with Gasteiger partial charge in [-0.2, -0.15) is 4.98 Å². The van der Waals surface area contributed by atoms with Crippen LogP contribution in [-0.2, 0) is 11.3 Å².